The van der Waals surface area contributed by atoms with Gasteiger partial charge in [0.25, 0.3) is 0 Å². The van der Waals surface area contributed by atoms with Gasteiger partial charge in [-0.05, 0) is 94.1 Å². The number of carbonyl (C=O) groups excluding carboxylic acids is 1. The van der Waals surface area contributed by atoms with Crippen LogP contribution in [0.2, 0.25) is 5.02 Å². The summed E-state index contributed by atoms with van der Waals surface area (Å²) in [6, 6.07) is 16.3. The number of Topliss-reactive ketones (excluding diaryl/α,β-unsaturated/α-hetero) is 1. The van der Waals surface area contributed by atoms with E-state index in [9.17, 15) is 4.79 Å². The third-order valence-corrected chi connectivity index (χ3v) is 9.33. The molecule has 1 aliphatic heterocycles. The minimum Gasteiger partial charge on any atom is -0.491 e. The molecule has 1 saturated heterocycles. The lowest BCUT2D eigenvalue weighted by atomic mass is 9.69. The number of nitrogens with zero attached hydrogens (tertiary/aromatic N) is 2. The average molecular weight is 593 g/mol. The summed E-state index contributed by atoms with van der Waals surface area (Å²) >= 11 is 6.49. The Hall–Kier alpha value is -2.54. The van der Waals surface area contributed by atoms with E-state index in [-0.39, 0.29) is 24.0 Å². The summed E-state index contributed by atoms with van der Waals surface area (Å²) in [6.07, 6.45) is 10.9. The molecule has 2 aromatic rings. The monoisotopic (exact) mass is 592 g/mol. The molecule has 228 valence electrons. The molecule has 0 radical (unpaired) electrons. The van der Waals surface area contributed by atoms with Crippen molar-refractivity contribution >= 4 is 29.3 Å². The second-order valence-corrected chi connectivity index (χ2v) is 13.0. The van der Waals surface area contributed by atoms with Crippen molar-refractivity contribution in [2.45, 2.75) is 95.6 Å². The van der Waals surface area contributed by atoms with Gasteiger partial charge in [0.15, 0.2) is 5.78 Å². The number of ketones is 1. The van der Waals surface area contributed by atoms with Gasteiger partial charge in [-0.3, -0.25) is 9.69 Å². The minimum atomic E-state index is -0.446. The fourth-order valence-corrected chi connectivity index (χ4v) is 6.95. The van der Waals surface area contributed by atoms with Crippen molar-refractivity contribution in [2.75, 3.05) is 32.7 Å². The van der Waals surface area contributed by atoms with Crippen LogP contribution in [0, 0.1) is 10.8 Å². The summed E-state index contributed by atoms with van der Waals surface area (Å²) in [5.41, 5.74) is 1.60. The van der Waals surface area contributed by atoms with E-state index in [4.69, 9.17) is 27.2 Å². The molecule has 1 saturated carbocycles. The summed E-state index contributed by atoms with van der Waals surface area (Å²) in [4.78, 5) is 18.7. The number of rotatable bonds is 15. The van der Waals surface area contributed by atoms with E-state index < -0.39 is 5.41 Å². The largest absolute Gasteiger partial charge is 0.491 e. The van der Waals surface area contributed by atoms with Crippen molar-refractivity contribution in [1.82, 2.24) is 9.80 Å². The highest BCUT2D eigenvalue weighted by Crippen LogP contribution is 2.39. The molecular formula is C35H49ClN4O2. The molecule has 1 atom stereocenters. The highest BCUT2D eigenvalue weighted by molar-refractivity contribution is 6.39. The third-order valence-electron chi connectivity index (χ3n) is 9.10. The lowest BCUT2D eigenvalue weighted by Crippen LogP contribution is -2.51. The van der Waals surface area contributed by atoms with Crippen LogP contribution in [0.3, 0.4) is 0 Å². The van der Waals surface area contributed by atoms with Gasteiger partial charge in [0, 0.05) is 55.5 Å². The van der Waals surface area contributed by atoms with Gasteiger partial charge in [0.1, 0.15) is 5.75 Å². The van der Waals surface area contributed by atoms with Gasteiger partial charge >= 0.3 is 0 Å². The molecule has 7 heteroatoms. The maximum atomic E-state index is 13.4. The van der Waals surface area contributed by atoms with Gasteiger partial charge in [-0.2, -0.15) is 0 Å². The minimum absolute atomic E-state index is 0.0524. The normalized spacial score (nSPS) is 18.5. The Balaban J connectivity index is 1.47. The first-order valence-electron chi connectivity index (χ1n) is 15.9. The molecule has 2 fully saturated rings. The number of ether oxygens (including phenoxy) is 1. The topological polar surface area (TPSA) is 80.5 Å². The number of hydrogen-bond acceptors (Lipinski definition) is 6. The molecule has 0 spiro atoms. The Morgan fingerprint density at radius 3 is 2.48 bits per heavy atom. The molecule has 2 aromatic carbocycles. The van der Waals surface area contributed by atoms with Crippen LogP contribution in [0.25, 0.3) is 0 Å². The molecule has 42 heavy (non-hydrogen) atoms. The molecule has 1 aliphatic carbocycles. The summed E-state index contributed by atoms with van der Waals surface area (Å²) < 4.78 is 5.81. The molecule has 6 nitrogen and oxygen atoms in total. The number of benzene rings is 2. The lowest BCUT2D eigenvalue weighted by molar-refractivity contribution is -0.112. The van der Waals surface area contributed by atoms with E-state index in [1.807, 2.05) is 56.3 Å². The Kier molecular flexibility index (Phi) is 12.2. The summed E-state index contributed by atoms with van der Waals surface area (Å²) in [6.45, 7) is 9.20. The lowest BCUT2D eigenvalue weighted by Gasteiger charge is -2.42. The van der Waals surface area contributed by atoms with Crippen LogP contribution in [0.4, 0.5) is 0 Å². The second kappa shape index (κ2) is 15.8. The van der Waals surface area contributed by atoms with Gasteiger partial charge in [0.05, 0.1) is 11.8 Å². The smallest absolute Gasteiger partial charge is 0.180 e. The standard InChI is InChI=1S/C35H49ClN4O2/c1-27(2)42-32-14-6-9-28(23-32)24-34(41)33(38)26-35(15-8-17-37,29-10-7-11-30(36)25-29)16-18-39-19-21-40(22-20-39)31-12-4-3-5-13-31/h6-7,9-11,14,17,23,25,27,31,37-38H,3-5,8,12-13,15-16,18-22,24,26H2,1-2H3/t35-/m0/s1. The maximum Gasteiger partial charge on any atom is 0.180 e. The zero-order valence-corrected chi connectivity index (χ0v) is 26.3. The number of hydrogen-bond donors (Lipinski definition) is 2. The summed E-state index contributed by atoms with van der Waals surface area (Å²) in [7, 11) is 0. The summed E-state index contributed by atoms with van der Waals surface area (Å²) in [5.74, 6) is 0.573. The number of nitrogens with one attached hydrogen (secondary N) is 2. The van der Waals surface area contributed by atoms with Crippen molar-refractivity contribution in [3.05, 3.63) is 64.7 Å². The average Bonchev–Trinajstić information content (AvgIpc) is 2.99. The molecule has 0 unspecified atom stereocenters. The van der Waals surface area contributed by atoms with Gasteiger partial charge in [-0.15, -0.1) is 0 Å². The van der Waals surface area contributed by atoms with Crippen molar-refractivity contribution < 1.29 is 9.53 Å². The fraction of sp³-hybridized carbons (Fsp3) is 0.571. The summed E-state index contributed by atoms with van der Waals surface area (Å²) in [5, 5.41) is 17.5. The van der Waals surface area contributed by atoms with Crippen LogP contribution in [0.15, 0.2) is 48.5 Å². The third kappa shape index (κ3) is 9.23. The maximum absolute atomic E-state index is 13.4. The highest BCUT2D eigenvalue weighted by Gasteiger charge is 2.36. The van der Waals surface area contributed by atoms with E-state index in [2.05, 4.69) is 15.9 Å². The molecule has 4 rings (SSSR count). The first-order valence-corrected chi connectivity index (χ1v) is 16.2. The second-order valence-electron chi connectivity index (χ2n) is 12.5. The fourth-order valence-electron chi connectivity index (χ4n) is 6.76. The van der Waals surface area contributed by atoms with Crippen molar-refractivity contribution in [3.63, 3.8) is 0 Å². The predicted molar refractivity (Wildman–Crippen MR) is 174 cm³/mol. The van der Waals surface area contributed by atoms with E-state index in [1.165, 1.54) is 38.3 Å². The predicted octanol–water partition coefficient (Wildman–Crippen LogP) is 7.36. The Morgan fingerprint density at radius 2 is 1.79 bits per heavy atom. The molecule has 0 aromatic heterocycles. The zero-order chi connectivity index (χ0) is 30.0. The number of piperazine rings is 1. The van der Waals surface area contributed by atoms with Crippen LogP contribution >= 0.6 is 11.6 Å². The Bertz CT molecular complexity index is 1190. The molecule has 1 heterocycles. The van der Waals surface area contributed by atoms with Crippen LogP contribution in [-0.4, -0.2) is 72.4 Å². The molecule has 2 N–H and O–H groups in total. The first-order chi connectivity index (χ1) is 20.3. The van der Waals surface area contributed by atoms with Crippen LogP contribution in [-0.2, 0) is 16.6 Å². The van der Waals surface area contributed by atoms with Crippen LogP contribution in [0.5, 0.6) is 5.75 Å². The quantitative estimate of drug-likeness (QED) is 0.212. The van der Waals surface area contributed by atoms with E-state index in [1.54, 1.807) is 0 Å². The van der Waals surface area contributed by atoms with Crippen LogP contribution < -0.4 is 4.74 Å². The molecule has 2 aliphatic rings. The van der Waals surface area contributed by atoms with E-state index in [0.717, 1.165) is 62.1 Å². The molecule has 0 amide bonds. The van der Waals surface area contributed by atoms with Gasteiger partial charge in [0.2, 0.25) is 0 Å². The van der Waals surface area contributed by atoms with Gasteiger partial charge in [-0.1, -0.05) is 55.1 Å². The van der Waals surface area contributed by atoms with Gasteiger partial charge in [-0.25, -0.2) is 0 Å². The van der Waals surface area contributed by atoms with Gasteiger partial charge < -0.3 is 20.5 Å². The first kappa shape index (κ1) is 32.4. The molecular weight excluding hydrogens is 544 g/mol. The number of halogens is 1. The van der Waals surface area contributed by atoms with Crippen LogP contribution in [0.1, 0.15) is 82.8 Å². The molecule has 0 bridgehead atoms. The van der Waals surface area contributed by atoms with Crippen molar-refractivity contribution in [3.8, 4) is 5.75 Å². The van der Waals surface area contributed by atoms with Crippen molar-refractivity contribution in [1.29, 1.82) is 10.8 Å². The Labute approximate surface area is 257 Å². The van der Waals surface area contributed by atoms with E-state index in [0.29, 0.717) is 24.3 Å². The van der Waals surface area contributed by atoms with Crippen molar-refractivity contribution in [2.24, 2.45) is 0 Å². The zero-order valence-electron chi connectivity index (χ0n) is 25.5. The Morgan fingerprint density at radius 1 is 1.05 bits per heavy atom. The SMILES string of the molecule is CC(C)Oc1cccc(CC(=O)C(=N)C[C@](CCC=N)(CCN2CCN(C3CCCCC3)CC2)c2cccc(Cl)c2)c1. The highest BCUT2D eigenvalue weighted by atomic mass is 35.5. The van der Waals surface area contributed by atoms with E-state index >= 15 is 0 Å². The number of carbonyl (C=O) groups is 1.